The normalized spacial score (nSPS) is 13.5. The number of carbonyl (C=O) groups is 1. The molecule has 0 amide bonds. The molecule has 0 atom stereocenters. The van der Waals surface area contributed by atoms with Crippen molar-refractivity contribution in [3.05, 3.63) is 148 Å². The van der Waals surface area contributed by atoms with Gasteiger partial charge in [0.05, 0.1) is 24.9 Å². The van der Waals surface area contributed by atoms with Crippen molar-refractivity contribution < 1.29 is 23.7 Å². The lowest BCUT2D eigenvalue weighted by atomic mass is 10.1. The van der Waals surface area contributed by atoms with Crippen LogP contribution >= 0.6 is 11.6 Å². The van der Waals surface area contributed by atoms with Crippen LogP contribution in [0.5, 0.6) is 28.9 Å². The van der Waals surface area contributed by atoms with E-state index in [1.165, 1.54) is 16.7 Å². The molecule has 0 saturated carbocycles. The van der Waals surface area contributed by atoms with Crippen molar-refractivity contribution in [1.82, 2.24) is 14.8 Å². The molecule has 0 unspecified atom stereocenters. The first-order chi connectivity index (χ1) is 25.4. The first-order valence-corrected chi connectivity index (χ1v) is 17.8. The van der Waals surface area contributed by atoms with Crippen LogP contribution in [0, 0.1) is 13.8 Å². The number of hydrogen-bond donors (Lipinski definition) is 0. The molecular formula is C43H44ClN3O5. The van der Waals surface area contributed by atoms with Gasteiger partial charge in [-0.15, -0.1) is 0 Å². The van der Waals surface area contributed by atoms with Crippen molar-refractivity contribution in [2.45, 2.75) is 33.4 Å². The summed E-state index contributed by atoms with van der Waals surface area (Å²) >= 11 is 6.79. The van der Waals surface area contributed by atoms with Gasteiger partial charge in [0.2, 0.25) is 5.88 Å². The summed E-state index contributed by atoms with van der Waals surface area (Å²) in [6.45, 7) is 9.27. The van der Waals surface area contributed by atoms with E-state index in [1.54, 1.807) is 25.4 Å². The molecule has 2 heterocycles. The monoisotopic (exact) mass is 717 g/mol. The summed E-state index contributed by atoms with van der Waals surface area (Å²) in [7, 11) is 1.66. The van der Waals surface area contributed by atoms with Crippen molar-refractivity contribution in [2.24, 2.45) is 0 Å². The van der Waals surface area contributed by atoms with Crippen LogP contribution in [0.15, 0.2) is 109 Å². The van der Waals surface area contributed by atoms with E-state index in [1.807, 2.05) is 49.4 Å². The van der Waals surface area contributed by atoms with Gasteiger partial charge in [-0.3, -0.25) is 9.69 Å². The van der Waals surface area contributed by atoms with E-state index >= 15 is 0 Å². The van der Waals surface area contributed by atoms with Gasteiger partial charge in [-0.05, 0) is 84.1 Å². The lowest BCUT2D eigenvalue weighted by molar-refractivity contribution is -0.104. The van der Waals surface area contributed by atoms with Crippen LogP contribution < -0.4 is 18.9 Å². The van der Waals surface area contributed by atoms with Gasteiger partial charge in [0.25, 0.3) is 0 Å². The third-order valence-electron chi connectivity index (χ3n) is 9.05. The highest BCUT2D eigenvalue weighted by Gasteiger charge is 2.22. The molecule has 1 fully saturated rings. The van der Waals surface area contributed by atoms with Crippen molar-refractivity contribution in [2.75, 3.05) is 39.9 Å². The molecule has 1 aliphatic heterocycles. The van der Waals surface area contributed by atoms with Gasteiger partial charge in [-0.1, -0.05) is 65.7 Å². The molecule has 0 spiro atoms. The molecule has 1 saturated heterocycles. The third-order valence-corrected chi connectivity index (χ3v) is 9.33. The Balaban J connectivity index is 0.993. The van der Waals surface area contributed by atoms with Gasteiger partial charge in [0.1, 0.15) is 30.1 Å². The van der Waals surface area contributed by atoms with E-state index in [0.29, 0.717) is 35.6 Å². The molecule has 0 N–H and O–H groups in total. The van der Waals surface area contributed by atoms with E-state index in [2.05, 4.69) is 70.2 Å². The molecule has 268 valence electrons. The topological polar surface area (TPSA) is 73.4 Å². The molecule has 6 rings (SSSR count). The second-order valence-electron chi connectivity index (χ2n) is 12.9. The zero-order valence-corrected chi connectivity index (χ0v) is 30.6. The number of pyridine rings is 1. The number of halogens is 1. The van der Waals surface area contributed by atoms with Crippen molar-refractivity contribution in [3.8, 4) is 28.9 Å². The van der Waals surface area contributed by atoms with E-state index in [-0.39, 0.29) is 0 Å². The quantitative estimate of drug-likeness (QED) is 0.0787. The summed E-state index contributed by atoms with van der Waals surface area (Å²) in [5.74, 6) is 3.24. The number of aldehydes is 1. The molecule has 8 nitrogen and oxygen atoms in total. The summed E-state index contributed by atoms with van der Waals surface area (Å²) in [4.78, 5) is 20.9. The predicted molar refractivity (Wildman–Crippen MR) is 206 cm³/mol. The number of carbonyl (C=O) groups excluding carboxylic acids is 1. The molecule has 0 bridgehead atoms. The Morgan fingerprint density at radius 1 is 0.788 bits per heavy atom. The zero-order chi connectivity index (χ0) is 36.3. The predicted octanol–water partition coefficient (Wildman–Crippen LogP) is 8.71. The first-order valence-electron chi connectivity index (χ1n) is 17.5. The van der Waals surface area contributed by atoms with Crippen molar-refractivity contribution in [1.29, 1.82) is 0 Å². The summed E-state index contributed by atoms with van der Waals surface area (Å²) in [6, 6.07) is 32.1. The maximum atomic E-state index is 11.8. The number of hydrogen-bond acceptors (Lipinski definition) is 8. The Kier molecular flexibility index (Phi) is 12.5. The Morgan fingerprint density at radius 3 is 2.12 bits per heavy atom. The minimum absolute atomic E-state index is 0.411. The summed E-state index contributed by atoms with van der Waals surface area (Å²) in [5, 5.41) is 0.447. The lowest BCUT2D eigenvalue weighted by Gasteiger charge is -2.37. The van der Waals surface area contributed by atoms with Crippen LogP contribution in [-0.4, -0.2) is 61.0 Å². The number of nitrogens with zero attached hydrogens (tertiary/aromatic N) is 3. The number of piperazine rings is 1. The average Bonchev–Trinajstić information content (AvgIpc) is 3.17. The molecular weight excluding hydrogens is 674 g/mol. The highest BCUT2D eigenvalue weighted by atomic mass is 35.5. The maximum absolute atomic E-state index is 11.8. The second-order valence-corrected chi connectivity index (χ2v) is 13.3. The number of allylic oxidation sites excluding steroid dienone is 1. The fourth-order valence-electron chi connectivity index (χ4n) is 6.10. The van der Waals surface area contributed by atoms with Crippen LogP contribution in [0.4, 0.5) is 0 Å². The fraction of sp³-hybridized carbons (Fsp3) is 0.256. The first kappa shape index (κ1) is 36.5. The Bertz CT molecular complexity index is 1920. The SMILES string of the molecule is COc1ccc(OCCc2ccc(CN3CCN(/C(=C/C=O)c4cc(C)c(Oc5ccc(OCc6ccc(C)cc6)cn5)c(Cl)c4)CC3)cc2)cc1. The minimum atomic E-state index is 0.411. The van der Waals surface area contributed by atoms with Crippen molar-refractivity contribution in [3.63, 3.8) is 0 Å². The number of methoxy groups -OCH3 is 1. The highest BCUT2D eigenvalue weighted by Crippen LogP contribution is 2.36. The van der Waals surface area contributed by atoms with Crippen LogP contribution in [0.25, 0.3) is 5.70 Å². The van der Waals surface area contributed by atoms with Crippen molar-refractivity contribution >= 4 is 23.6 Å². The highest BCUT2D eigenvalue weighted by molar-refractivity contribution is 6.32. The van der Waals surface area contributed by atoms with E-state index in [4.69, 9.17) is 30.5 Å². The fourth-order valence-corrected chi connectivity index (χ4v) is 6.40. The Hall–Kier alpha value is -5.31. The lowest BCUT2D eigenvalue weighted by Crippen LogP contribution is -2.45. The second kappa shape index (κ2) is 17.8. The van der Waals surface area contributed by atoms with Gasteiger partial charge >= 0.3 is 0 Å². The van der Waals surface area contributed by atoms with E-state index in [0.717, 1.165) is 79.3 Å². The Morgan fingerprint density at radius 2 is 1.46 bits per heavy atom. The molecule has 9 heteroatoms. The molecule has 52 heavy (non-hydrogen) atoms. The molecule has 0 aliphatic carbocycles. The van der Waals surface area contributed by atoms with Gasteiger partial charge in [-0.25, -0.2) is 4.98 Å². The third kappa shape index (κ3) is 9.93. The minimum Gasteiger partial charge on any atom is -0.497 e. The molecule has 5 aromatic rings. The molecule has 1 aromatic heterocycles. The standard InChI is InChI=1S/C43H44ClN3O5/c1-31-4-6-35(7-5-31)30-51-39-16-17-42(45-28-39)52-43-32(2)26-36(27-40(43)44)41(18-24-48)47-22-20-46(21-23-47)29-34-10-8-33(9-11-34)19-25-50-38-14-12-37(49-3)13-15-38/h4-18,24,26-28H,19-23,25,29-30H2,1-3H3/b41-18+. The van der Waals surface area contributed by atoms with Gasteiger partial charge < -0.3 is 23.8 Å². The largest absolute Gasteiger partial charge is 0.497 e. The van der Waals surface area contributed by atoms with Crippen LogP contribution in [-0.2, 0) is 24.4 Å². The number of benzene rings is 4. The van der Waals surface area contributed by atoms with Gasteiger partial charge in [-0.2, -0.15) is 0 Å². The summed E-state index contributed by atoms with van der Waals surface area (Å²) < 4.78 is 23.1. The maximum Gasteiger partial charge on any atom is 0.219 e. The van der Waals surface area contributed by atoms with E-state index < -0.39 is 0 Å². The number of rotatable bonds is 15. The number of aryl methyl sites for hydroxylation is 2. The molecule has 0 radical (unpaired) electrons. The summed E-state index contributed by atoms with van der Waals surface area (Å²) in [6.07, 6.45) is 4.94. The van der Waals surface area contributed by atoms with Crippen LogP contribution in [0.2, 0.25) is 5.02 Å². The summed E-state index contributed by atoms with van der Waals surface area (Å²) in [5.41, 5.74) is 7.37. The van der Waals surface area contributed by atoms with Gasteiger partial charge in [0, 0.05) is 57.0 Å². The Labute approximate surface area is 311 Å². The average molecular weight is 718 g/mol. The van der Waals surface area contributed by atoms with E-state index in [9.17, 15) is 4.79 Å². The smallest absolute Gasteiger partial charge is 0.219 e. The van der Waals surface area contributed by atoms with Crippen LogP contribution in [0.3, 0.4) is 0 Å². The zero-order valence-electron chi connectivity index (χ0n) is 29.9. The van der Waals surface area contributed by atoms with Crippen LogP contribution in [0.1, 0.15) is 33.4 Å². The van der Waals surface area contributed by atoms with Gasteiger partial charge in [0.15, 0.2) is 5.75 Å². The molecule has 4 aromatic carbocycles. The number of aromatic nitrogens is 1. The number of ether oxygens (including phenoxy) is 4. The molecule has 1 aliphatic rings.